The van der Waals surface area contributed by atoms with Gasteiger partial charge in [0.25, 0.3) is 0 Å². The molecule has 5 aromatic rings. The lowest BCUT2D eigenvalue weighted by molar-refractivity contribution is 1.02. The summed E-state index contributed by atoms with van der Waals surface area (Å²) in [6.07, 6.45) is 6.81. The van der Waals surface area contributed by atoms with Crippen LogP contribution in [0.15, 0.2) is 91.5 Å². The summed E-state index contributed by atoms with van der Waals surface area (Å²) in [5, 5.41) is 16.8. The third kappa shape index (κ3) is 3.40. The van der Waals surface area contributed by atoms with Gasteiger partial charge >= 0.3 is 0 Å². The lowest BCUT2D eigenvalue weighted by Gasteiger charge is -2.10. The second-order valence-electron chi connectivity index (χ2n) is 6.43. The van der Waals surface area contributed by atoms with Crippen LogP contribution in [0, 0.1) is 0 Å². The van der Waals surface area contributed by atoms with Crippen LogP contribution in [0.2, 0.25) is 0 Å². The smallest absolute Gasteiger partial charge is 0.121 e. The first kappa shape index (κ1) is 17.7. The lowest BCUT2D eigenvalue weighted by Crippen LogP contribution is -1.98. The molecule has 0 saturated heterocycles. The average Bonchev–Trinajstić information content (AvgIpc) is 2.85. The molecular weight excluding hydrogens is 374 g/mol. The van der Waals surface area contributed by atoms with E-state index in [1.54, 1.807) is 24.8 Å². The van der Waals surface area contributed by atoms with Crippen molar-refractivity contribution in [1.82, 2.24) is 35.3 Å². The van der Waals surface area contributed by atoms with Gasteiger partial charge in [-0.2, -0.15) is 10.2 Å². The minimum absolute atomic E-state index is 0.654. The van der Waals surface area contributed by atoms with Crippen molar-refractivity contribution in [3.63, 3.8) is 0 Å². The van der Waals surface area contributed by atoms with Gasteiger partial charge < -0.3 is 0 Å². The predicted molar refractivity (Wildman–Crippen MR) is 113 cm³/mol. The quantitative estimate of drug-likeness (QED) is 0.457. The Hall–Kier alpha value is -4.39. The SMILES string of the molecule is c1ccc(-c2ccnnc2-c2cccc(-c3nnccc3-c3ccccn3)n2)nc1. The zero-order valence-corrected chi connectivity index (χ0v) is 15.8. The number of hydrogen-bond donors (Lipinski definition) is 0. The van der Waals surface area contributed by atoms with Gasteiger partial charge in [0.05, 0.1) is 35.2 Å². The van der Waals surface area contributed by atoms with Gasteiger partial charge in [0.15, 0.2) is 0 Å². The molecule has 0 amide bonds. The third-order valence-corrected chi connectivity index (χ3v) is 4.56. The maximum atomic E-state index is 4.83. The first-order valence-electron chi connectivity index (χ1n) is 9.34. The van der Waals surface area contributed by atoms with Crippen LogP contribution in [0.1, 0.15) is 0 Å². The second kappa shape index (κ2) is 7.92. The molecular formula is C23H15N7. The molecule has 0 N–H and O–H groups in total. The van der Waals surface area contributed by atoms with E-state index in [0.29, 0.717) is 22.8 Å². The monoisotopic (exact) mass is 389 g/mol. The Morgan fingerprint density at radius 3 is 1.40 bits per heavy atom. The Balaban J connectivity index is 1.64. The summed E-state index contributed by atoms with van der Waals surface area (Å²) >= 11 is 0. The normalized spacial score (nSPS) is 10.7. The van der Waals surface area contributed by atoms with Gasteiger partial charge in [-0.15, -0.1) is 10.2 Å². The highest BCUT2D eigenvalue weighted by Gasteiger charge is 2.15. The summed E-state index contributed by atoms with van der Waals surface area (Å²) in [5.74, 6) is 0. The molecule has 0 aromatic carbocycles. The van der Waals surface area contributed by atoms with Crippen LogP contribution in [0.5, 0.6) is 0 Å². The Kier molecular flexibility index (Phi) is 4.67. The van der Waals surface area contributed by atoms with Crippen molar-refractivity contribution in [2.75, 3.05) is 0 Å². The van der Waals surface area contributed by atoms with Gasteiger partial charge in [-0.3, -0.25) is 9.97 Å². The van der Waals surface area contributed by atoms with Crippen LogP contribution in [0.25, 0.3) is 45.3 Å². The van der Waals surface area contributed by atoms with E-state index in [-0.39, 0.29) is 0 Å². The number of hydrogen-bond acceptors (Lipinski definition) is 7. The molecule has 7 heteroatoms. The fraction of sp³-hybridized carbons (Fsp3) is 0. The summed E-state index contributed by atoms with van der Waals surface area (Å²) in [7, 11) is 0. The summed E-state index contributed by atoms with van der Waals surface area (Å²) in [5.41, 5.74) is 6.01. The highest BCUT2D eigenvalue weighted by Crippen LogP contribution is 2.31. The molecule has 0 aliphatic heterocycles. The van der Waals surface area contributed by atoms with E-state index < -0.39 is 0 Å². The maximum Gasteiger partial charge on any atom is 0.121 e. The highest BCUT2D eigenvalue weighted by molar-refractivity contribution is 5.80. The number of nitrogens with zero attached hydrogens (tertiary/aromatic N) is 7. The fourth-order valence-corrected chi connectivity index (χ4v) is 3.20. The van der Waals surface area contributed by atoms with Gasteiger partial charge in [0, 0.05) is 23.5 Å². The lowest BCUT2D eigenvalue weighted by atomic mass is 10.1. The van der Waals surface area contributed by atoms with E-state index in [1.165, 1.54) is 0 Å². The van der Waals surface area contributed by atoms with E-state index in [9.17, 15) is 0 Å². The van der Waals surface area contributed by atoms with E-state index in [4.69, 9.17) is 4.98 Å². The number of pyridine rings is 3. The standard InChI is InChI=1S/C23H15N7/c1-3-12-24-18(6-1)16-10-14-26-29-22(16)20-8-5-9-21(28-20)23-17(11-15-27-30-23)19-7-2-4-13-25-19/h1-15H. The van der Waals surface area contributed by atoms with Crippen molar-refractivity contribution in [2.24, 2.45) is 0 Å². The fourth-order valence-electron chi connectivity index (χ4n) is 3.20. The molecule has 0 bridgehead atoms. The molecule has 30 heavy (non-hydrogen) atoms. The Morgan fingerprint density at radius 2 is 0.933 bits per heavy atom. The van der Waals surface area contributed by atoms with Gasteiger partial charge in [-0.1, -0.05) is 18.2 Å². The molecule has 142 valence electrons. The molecule has 0 saturated carbocycles. The minimum atomic E-state index is 0.654. The average molecular weight is 389 g/mol. The van der Waals surface area contributed by atoms with Crippen LogP contribution < -0.4 is 0 Å². The summed E-state index contributed by atoms with van der Waals surface area (Å²) in [6, 6.07) is 21.0. The minimum Gasteiger partial charge on any atom is -0.256 e. The number of aromatic nitrogens is 7. The Bertz CT molecular complexity index is 1190. The molecule has 5 aromatic heterocycles. The predicted octanol–water partition coefficient (Wildman–Crippen LogP) is 4.12. The first-order valence-corrected chi connectivity index (χ1v) is 9.34. The van der Waals surface area contributed by atoms with Gasteiger partial charge in [0.1, 0.15) is 11.4 Å². The summed E-state index contributed by atoms with van der Waals surface area (Å²) in [4.78, 5) is 13.7. The van der Waals surface area contributed by atoms with Crippen LogP contribution in [0.3, 0.4) is 0 Å². The van der Waals surface area contributed by atoms with Crippen LogP contribution in [0.4, 0.5) is 0 Å². The van der Waals surface area contributed by atoms with Crippen LogP contribution in [-0.4, -0.2) is 35.3 Å². The molecule has 0 aliphatic rings. The van der Waals surface area contributed by atoms with Crippen LogP contribution >= 0.6 is 0 Å². The molecule has 5 rings (SSSR count). The van der Waals surface area contributed by atoms with E-state index >= 15 is 0 Å². The van der Waals surface area contributed by atoms with E-state index in [2.05, 4.69) is 30.4 Å². The molecule has 7 nitrogen and oxygen atoms in total. The van der Waals surface area contributed by atoms with Crippen molar-refractivity contribution in [3.8, 4) is 45.3 Å². The van der Waals surface area contributed by atoms with Crippen molar-refractivity contribution in [1.29, 1.82) is 0 Å². The third-order valence-electron chi connectivity index (χ3n) is 4.56. The zero-order valence-electron chi connectivity index (χ0n) is 15.8. The van der Waals surface area contributed by atoms with Crippen LogP contribution in [-0.2, 0) is 0 Å². The highest BCUT2D eigenvalue weighted by atomic mass is 15.1. The Morgan fingerprint density at radius 1 is 0.433 bits per heavy atom. The Labute approximate surface area is 172 Å². The van der Waals surface area contributed by atoms with Gasteiger partial charge in [-0.05, 0) is 48.5 Å². The van der Waals surface area contributed by atoms with Crippen molar-refractivity contribution < 1.29 is 0 Å². The molecule has 0 radical (unpaired) electrons. The van der Waals surface area contributed by atoms with E-state index in [1.807, 2.05) is 66.7 Å². The number of rotatable bonds is 4. The largest absolute Gasteiger partial charge is 0.256 e. The summed E-state index contributed by atoms with van der Waals surface area (Å²) < 4.78 is 0. The zero-order chi connectivity index (χ0) is 20.2. The summed E-state index contributed by atoms with van der Waals surface area (Å²) in [6.45, 7) is 0. The topological polar surface area (TPSA) is 90.2 Å². The molecule has 0 fully saturated rings. The maximum absolute atomic E-state index is 4.83. The van der Waals surface area contributed by atoms with Crippen molar-refractivity contribution in [2.45, 2.75) is 0 Å². The van der Waals surface area contributed by atoms with Gasteiger partial charge in [-0.25, -0.2) is 4.98 Å². The first-order chi connectivity index (χ1) is 14.9. The second-order valence-corrected chi connectivity index (χ2v) is 6.43. The molecule has 5 heterocycles. The molecule has 0 aliphatic carbocycles. The van der Waals surface area contributed by atoms with Crippen molar-refractivity contribution in [3.05, 3.63) is 91.5 Å². The molecule has 0 atom stereocenters. The van der Waals surface area contributed by atoms with Crippen molar-refractivity contribution >= 4 is 0 Å². The molecule has 0 spiro atoms. The molecule has 0 unspecified atom stereocenters. The van der Waals surface area contributed by atoms with Gasteiger partial charge in [0.2, 0.25) is 0 Å². The van der Waals surface area contributed by atoms with E-state index in [0.717, 1.165) is 22.5 Å².